The second kappa shape index (κ2) is 16.2. The summed E-state index contributed by atoms with van der Waals surface area (Å²) in [6.07, 6.45) is 0. The van der Waals surface area contributed by atoms with Crippen molar-refractivity contribution < 1.29 is 19.4 Å². The first kappa shape index (κ1) is 24.6. The van der Waals surface area contributed by atoms with Crippen molar-refractivity contribution in [1.29, 1.82) is 0 Å². The lowest BCUT2D eigenvalue weighted by molar-refractivity contribution is -0.142. The maximum atomic E-state index is 10.4. The molecule has 4 nitrogen and oxygen atoms in total. The van der Waals surface area contributed by atoms with Gasteiger partial charge in [-0.3, -0.25) is 9.59 Å². The smallest absolute Gasteiger partial charge is 0.302 e. The summed E-state index contributed by atoms with van der Waals surface area (Å²) in [5.74, 6) is -1.08. The van der Waals surface area contributed by atoms with E-state index in [9.17, 15) is 4.79 Å². The molecular weight excluding hydrogens is 440 g/mol. The van der Waals surface area contributed by atoms with Crippen LogP contribution in [0.3, 0.4) is 0 Å². The van der Waals surface area contributed by atoms with E-state index in [-0.39, 0.29) is 23.0 Å². The Bertz CT molecular complexity index is 556. The van der Waals surface area contributed by atoms with Crippen molar-refractivity contribution in [1.82, 2.24) is 0 Å². The molecule has 0 bridgehead atoms. The van der Waals surface area contributed by atoms with Crippen molar-refractivity contribution in [3.05, 3.63) is 71.8 Å². The highest BCUT2D eigenvalue weighted by Crippen LogP contribution is 2.02. The standard InChI is InChI=1S/C9H10O2.C7H7Br.C2H4O2.BrH/c1-8(10)11-7-9-5-3-2-4-6-9;8-6-7-4-2-1-3-5-7;1-2(3)4;/h2-6H,7H2,1H3;1-5H,6H2;1H3,(H,3,4);1H. The monoisotopic (exact) mass is 460 g/mol. The Kier molecular flexibility index (Phi) is 16.6. The SMILES string of the molecule is Br.BrCc1ccccc1.CC(=O)O.CC(=O)OCc1ccccc1. The molecule has 0 heterocycles. The summed E-state index contributed by atoms with van der Waals surface area (Å²) in [5.41, 5.74) is 2.34. The lowest BCUT2D eigenvalue weighted by atomic mass is 10.2. The molecule has 0 spiro atoms. The van der Waals surface area contributed by atoms with Crippen LogP contribution in [0.5, 0.6) is 0 Å². The van der Waals surface area contributed by atoms with Gasteiger partial charge in [0.2, 0.25) is 0 Å². The van der Waals surface area contributed by atoms with E-state index in [1.165, 1.54) is 12.5 Å². The zero-order valence-corrected chi connectivity index (χ0v) is 16.9. The number of ether oxygens (including phenoxy) is 1. The Labute approximate surface area is 161 Å². The van der Waals surface area contributed by atoms with E-state index in [4.69, 9.17) is 14.6 Å². The molecule has 0 unspecified atom stereocenters. The number of hydrogen-bond donors (Lipinski definition) is 1. The summed E-state index contributed by atoms with van der Waals surface area (Å²) >= 11 is 3.36. The average molecular weight is 462 g/mol. The first-order valence-corrected chi connectivity index (χ1v) is 8.04. The molecule has 0 saturated carbocycles. The van der Waals surface area contributed by atoms with Crippen molar-refractivity contribution in [3.63, 3.8) is 0 Å². The number of alkyl halides is 1. The van der Waals surface area contributed by atoms with Gasteiger partial charge in [-0.25, -0.2) is 0 Å². The van der Waals surface area contributed by atoms with Crippen LogP contribution in [0.2, 0.25) is 0 Å². The lowest BCUT2D eigenvalue weighted by Gasteiger charge is -1.99. The molecule has 2 aromatic carbocycles. The molecule has 0 fully saturated rings. The third-order valence-corrected chi connectivity index (χ3v) is 2.93. The summed E-state index contributed by atoms with van der Waals surface area (Å²) in [6.45, 7) is 2.86. The molecule has 0 aliphatic heterocycles. The third-order valence-electron chi connectivity index (χ3n) is 2.28. The molecule has 6 heteroatoms. The van der Waals surface area contributed by atoms with Gasteiger partial charge in [0.1, 0.15) is 6.61 Å². The van der Waals surface area contributed by atoms with E-state index in [0.29, 0.717) is 6.61 Å². The number of carboxylic acid groups (broad SMARTS) is 1. The largest absolute Gasteiger partial charge is 0.481 e. The highest BCUT2D eigenvalue weighted by Gasteiger charge is 1.93. The fourth-order valence-electron chi connectivity index (χ4n) is 1.33. The fourth-order valence-corrected chi connectivity index (χ4v) is 1.70. The Morgan fingerprint density at radius 3 is 1.58 bits per heavy atom. The second-order valence-electron chi connectivity index (χ2n) is 4.40. The average Bonchev–Trinajstić information content (AvgIpc) is 2.55. The van der Waals surface area contributed by atoms with Crippen molar-refractivity contribution in [2.75, 3.05) is 0 Å². The fraction of sp³-hybridized carbons (Fsp3) is 0.222. The molecule has 0 saturated heterocycles. The summed E-state index contributed by atoms with van der Waals surface area (Å²) in [4.78, 5) is 19.4. The Morgan fingerprint density at radius 1 is 0.917 bits per heavy atom. The van der Waals surface area contributed by atoms with Gasteiger partial charge in [-0.15, -0.1) is 17.0 Å². The number of hydrogen-bond acceptors (Lipinski definition) is 3. The molecule has 2 rings (SSSR count). The predicted molar refractivity (Wildman–Crippen MR) is 105 cm³/mol. The van der Waals surface area contributed by atoms with Crippen LogP contribution >= 0.6 is 32.9 Å². The Balaban J connectivity index is 0. The number of benzene rings is 2. The number of aliphatic carboxylic acids is 1. The first-order chi connectivity index (χ1) is 11.0. The van der Waals surface area contributed by atoms with Crippen LogP contribution in [-0.4, -0.2) is 17.0 Å². The van der Waals surface area contributed by atoms with Crippen molar-refractivity contribution in [2.45, 2.75) is 25.8 Å². The van der Waals surface area contributed by atoms with Gasteiger partial charge in [-0.05, 0) is 11.1 Å². The predicted octanol–water partition coefficient (Wildman–Crippen LogP) is 5.00. The Hall–Kier alpha value is -1.66. The van der Waals surface area contributed by atoms with Crippen LogP contribution in [0, 0.1) is 0 Å². The van der Waals surface area contributed by atoms with Crippen molar-refractivity contribution >= 4 is 44.9 Å². The molecule has 24 heavy (non-hydrogen) atoms. The Morgan fingerprint density at radius 2 is 1.29 bits per heavy atom. The van der Waals surface area contributed by atoms with E-state index in [2.05, 4.69) is 28.1 Å². The van der Waals surface area contributed by atoms with Gasteiger partial charge >= 0.3 is 5.97 Å². The summed E-state index contributed by atoms with van der Waals surface area (Å²) < 4.78 is 4.79. The zero-order valence-electron chi connectivity index (χ0n) is 13.6. The molecule has 0 aromatic heterocycles. The third kappa shape index (κ3) is 16.7. The van der Waals surface area contributed by atoms with Gasteiger partial charge in [0.15, 0.2) is 0 Å². The topological polar surface area (TPSA) is 63.6 Å². The van der Waals surface area contributed by atoms with Crippen LogP contribution in [0.15, 0.2) is 60.7 Å². The molecule has 0 aliphatic rings. The number of rotatable bonds is 3. The first-order valence-electron chi connectivity index (χ1n) is 6.92. The molecule has 1 N–H and O–H groups in total. The van der Waals surface area contributed by atoms with E-state index >= 15 is 0 Å². The molecule has 0 atom stereocenters. The van der Waals surface area contributed by atoms with Crippen LogP contribution < -0.4 is 0 Å². The van der Waals surface area contributed by atoms with Gasteiger partial charge in [0.25, 0.3) is 5.97 Å². The van der Waals surface area contributed by atoms with Gasteiger partial charge in [0, 0.05) is 19.2 Å². The minimum absolute atomic E-state index is 0. The highest BCUT2D eigenvalue weighted by atomic mass is 79.9. The maximum absolute atomic E-state index is 10.4. The number of carboxylic acids is 1. The van der Waals surface area contributed by atoms with Gasteiger partial charge < -0.3 is 9.84 Å². The van der Waals surface area contributed by atoms with Crippen LogP contribution in [0.25, 0.3) is 0 Å². The van der Waals surface area contributed by atoms with E-state index in [0.717, 1.165) is 17.8 Å². The van der Waals surface area contributed by atoms with E-state index in [1.54, 1.807) is 0 Å². The number of halogens is 2. The quantitative estimate of drug-likeness (QED) is 0.516. The molecule has 2 aromatic rings. The van der Waals surface area contributed by atoms with E-state index < -0.39 is 5.97 Å². The number of esters is 1. The van der Waals surface area contributed by atoms with Crippen LogP contribution in [-0.2, 0) is 26.3 Å². The maximum Gasteiger partial charge on any atom is 0.302 e. The minimum Gasteiger partial charge on any atom is -0.481 e. The molecule has 0 radical (unpaired) electrons. The molecular formula is C18H22Br2O4. The van der Waals surface area contributed by atoms with Crippen LogP contribution in [0.1, 0.15) is 25.0 Å². The minimum atomic E-state index is -0.833. The molecule has 0 aliphatic carbocycles. The molecule has 0 amide bonds. The normalized spacial score (nSPS) is 8.29. The number of carbonyl (C=O) groups is 2. The van der Waals surface area contributed by atoms with Crippen molar-refractivity contribution in [2.24, 2.45) is 0 Å². The van der Waals surface area contributed by atoms with Crippen molar-refractivity contribution in [3.8, 4) is 0 Å². The van der Waals surface area contributed by atoms with Gasteiger partial charge in [0.05, 0.1) is 0 Å². The summed E-state index contributed by atoms with van der Waals surface area (Å²) in [5, 5.41) is 8.37. The summed E-state index contributed by atoms with van der Waals surface area (Å²) in [6, 6.07) is 19.9. The van der Waals surface area contributed by atoms with Gasteiger partial charge in [-0.1, -0.05) is 76.6 Å². The lowest BCUT2D eigenvalue weighted by Crippen LogP contribution is -1.97. The van der Waals surface area contributed by atoms with E-state index in [1.807, 2.05) is 48.5 Å². The summed E-state index contributed by atoms with van der Waals surface area (Å²) in [7, 11) is 0. The van der Waals surface area contributed by atoms with Gasteiger partial charge in [-0.2, -0.15) is 0 Å². The molecule has 132 valence electrons. The highest BCUT2D eigenvalue weighted by molar-refractivity contribution is 9.08. The number of carbonyl (C=O) groups excluding carboxylic acids is 1. The van der Waals surface area contributed by atoms with Crippen LogP contribution in [0.4, 0.5) is 0 Å². The zero-order chi connectivity index (χ0) is 17.5. The second-order valence-corrected chi connectivity index (χ2v) is 4.96.